The Labute approximate surface area is 201 Å². The van der Waals surface area contributed by atoms with Gasteiger partial charge in [0.1, 0.15) is 0 Å². The van der Waals surface area contributed by atoms with Crippen LogP contribution in [0.3, 0.4) is 0 Å². The molecular formula is C22H30IN5O2S. The van der Waals surface area contributed by atoms with Crippen LogP contribution in [-0.4, -0.2) is 46.0 Å². The highest BCUT2D eigenvalue weighted by molar-refractivity contribution is 14.0. The number of benzene rings is 2. The van der Waals surface area contributed by atoms with Crippen LogP contribution in [0.25, 0.3) is 10.9 Å². The van der Waals surface area contributed by atoms with Gasteiger partial charge in [0, 0.05) is 43.8 Å². The van der Waals surface area contributed by atoms with E-state index in [1.165, 1.54) is 10.9 Å². The lowest BCUT2D eigenvalue weighted by Gasteiger charge is -2.13. The number of rotatable bonds is 8. The molecule has 0 saturated heterocycles. The quantitative estimate of drug-likeness (QED) is 0.149. The molecule has 7 nitrogen and oxygen atoms in total. The molecule has 31 heavy (non-hydrogen) atoms. The van der Waals surface area contributed by atoms with Crippen LogP contribution < -0.4 is 15.4 Å². The van der Waals surface area contributed by atoms with Crippen molar-refractivity contribution in [1.29, 1.82) is 0 Å². The molecule has 2 aromatic carbocycles. The lowest BCUT2D eigenvalue weighted by molar-refractivity contribution is 0.580. The molecule has 168 valence electrons. The molecule has 0 radical (unpaired) electrons. The lowest BCUT2D eigenvalue weighted by atomic mass is 10.1. The third-order valence-corrected chi connectivity index (χ3v) is 6.53. The minimum atomic E-state index is -3.54. The summed E-state index contributed by atoms with van der Waals surface area (Å²) >= 11 is 0. The Morgan fingerprint density at radius 3 is 2.55 bits per heavy atom. The number of para-hydroxylation sites is 1. The van der Waals surface area contributed by atoms with Crippen LogP contribution in [0, 0.1) is 13.8 Å². The summed E-state index contributed by atoms with van der Waals surface area (Å²) in [5.41, 5.74) is 4.02. The van der Waals surface area contributed by atoms with E-state index in [1.54, 1.807) is 20.0 Å². The minimum absolute atomic E-state index is 0. The summed E-state index contributed by atoms with van der Waals surface area (Å²) < 4.78 is 27.7. The van der Waals surface area contributed by atoms with E-state index in [-0.39, 0.29) is 30.5 Å². The molecule has 0 spiro atoms. The zero-order chi connectivity index (χ0) is 21.6. The van der Waals surface area contributed by atoms with E-state index in [1.807, 2.05) is 37.4 Å². The third kappa shape index (κ3) is 6.68. The van der Waals surface area contributed by atoms with Gasteiger partial charge in [-0.05, 0) is 49.1 Å². The molecule has 3 aromatic rings. The molecule has 0 aliphatic carbocycles. The van der Waals surface area contributed by atoms with E-state index in [2.05, 4.69) is 37.5 Å². The van der Waals surface area contributed by atoms with Crippen molar-refractivity contribution in [3.63, 3.8) is 0 Å². The van der Waals surface area contributed by atoms with Gasteiger partial charge in [0.15, 0.2) is 5.96 Å². The fourth-order valence-corrected chi connectivity index (χ4v) is 4.67. The summed E-state index contributed by atoms with van der Waals surface area (Å²) in [6, 6.07) is 13.6. The zero-order valence-corrected chi connectivity index (χ0v) is 21.2. The second-order valence-electron chi connectivity index (χ2n) is 7.20. The van der Waals surface area contributed by atoms with Gasteiger partial charge in [-0.25, -0.2) is 13.1 Å². The second kappa shape index (κ2) is 11.5. The molecular weight excluding hydrogens is 525 g/mol. The molecule has 0 aliphatic heterocycles. The van der Waals surface area contributed by atoms with E-state index in [4.69, 9.17) is 0 Å². The summed E-state index contributed by atoms with van der Waals surface area (Å²) in [7, 11) is -1.84. The van der Waals surface area contributed by atoms with Crippen LogP contribution in [0.1, 0.15) is 16.7 Å². The standard InChI is InChI=1S/C22H29N5O2S.HI/c1-16-8-9-17(2)21(14-16)30(28,29)27-13-12-25-22(23-3)24-11-10-18-15-26-20-7-5-4-6-19(18)20;/h4-9,14-15,26-27H,10-13H2,1-3H3,(H2,23,24,25);1H. The molecule has 0 amide bonds. The molecule has 0 unspecified atom stereocenters. The van der Waals surface area contributed by atoms with Crippen LogP contribution in [0.2, 0.25) is 0 Å². The van der Waals surface area contributed by atoms with E-state index < -0.39 is 10.0 Å². The van der Waals surface area contributed by atoms with E-state index in [0.29, 0.717) is 17.4 Å². The Morgan fingerprint density at radius 1 is 1.03 bits per heavy atom. The largest absolute Gasteiger partial charge is 0.361 e. The number of aryl methyl sites for hydroxylation is 2. The highest BCUT2D eigenvalue weighted by Gasteiger charge is 2.16. The average Bonchev–Trinajstić information content (AvgIpc) is 3.14. The highest BCUT2D eigenvalue weighted by Crippen LogP contribution is 2.18. The maximum atomic E-state index is 12.5. The van der Waals surface area contributed by atoms with Gasteiger partial charge in [-0.1, -0.05) is 30.3 Å². The van der Waals surface area contributed by atoms with Gasteiger partial charge in [-0.15, -0.1) is 24.0 Å². The van der Waals surface area contributed by atoms with Gasteiger partial charge >= 0.3 is 0 Å². The molecule has 3 rings (SSSR count). The first-order valence-electron chi connectivity index (χ1n) is 9.97. The SMILES string of the molecule is CN=C(NCCNS(=O)(=O)c1cc(C)ccc1C)NCCc1c[nH]c2ccccc12.I. The Hall–Kier alpha value is -2.11. The van der Waals surface area contributed by atoms with E-state index in [0.717, 1.165) is 29.6 Å². The van der Waals surface area contributed by atoms with Crippen LogP contribution >= 0.6 is 24.0 Å². The monoisotopic (exact) mass is 555 g/mol. The molecule has 0 atom stereocenters. The maximum Gasteiger partial charge on any atom is 0.240 e. The fourth-order valence-electron chi connectivity index (χ4n) is 3.32. The van der Waals surface area contributed by atoms with Crippen LogP contribution in [0.15, 0.2) is 58.5 Å². The molecule has 0 saturated carbocycles. The van der Waals surface area contributed by atoms with Crippen molar-refractivity contribution in [2.75, 3.05) is 26.7 Å². The molecule has 1 aromatic heterocycles. The van der Waals surface area contributed by atoms with Crippen molar-refractivity contribution in [1.82, 2.24) is 20.3 Å². The smallest absolute Gasteiger partial charge is 0.240 e. The summed E-state index contributed by atoms with van der Waals surface area (Å²) in [5.74, 6) is 0.640. The number of fused-ring (bicyclic) bond motifs is 1. The van der Waals surface area contributed by atoms with Crippen molar-refractivity contribution in [2.24, 2.45) is 4.99 Å². The predicted molar refractivity (Wildman–Crippen MR) is 138 cm³/mol. The summed E-state index contributed by atoms with van der Waals surface area (Å²) in [6.45, 7) is 5.09. The number of halogens is 1. The Morgan fingerprint density at radius 2 is 1.77 bits per heavy atom. The number of aliphatic imine (C=N–C) groups is 1. The minimum Gasteiger partial charge on any atom is -0.361 e. The summed E-state index contributed by atoms with van der Waals surface area (Å²) in [4.78, 5) is 7.80. The number of nitrogens with zero attached hydrogens (tertiary/aromatic N) is 1. The van der Waals surface area contributed by atoms with Crippen molar-refractivity contribution < 1.29 is 8.42 Å². The van der Waals surface area contributed by atoms with Gasteiger partial charge in [-0.2, -0.15) is 0 Å². The number of guanidine groups is 1. The highest BCUT2D eigenvalue weighted by atomic mass is 127. The van der Waals surface area contributed by atoms with Gasteiger partial charge in [0.2, 0.25) is 10.0 Å². The van der Waals surface area contributed by atoms with Gasteiger partial charge in [0.25, 0.3) is 0 Å². The maximum absolute atomic E-state index is 12.5. The van der Waals surface area contributed by atoms with Crippen LogP contribution in [-0.2, 0) is 16.4 Å². The van der Waals surface area contributed by atoms with Crippen molar-refractivity contribution in [3.8, 4) is 0 Å². The fraction of sp³-hybridized carbons (Fsp3) is 0.318. The Balaban J connectivity index is 0.00000341. The number of aromatic amines is 1. The van der Waals surface area contributed by atoms with Gasteiger partial charge < -0.3 is 15.6 Å². The Kier molecular flexibility index (Phi) is 9.32. The van der Waals surface area contributed by atoms with Crippen LogP contribution in [0.4, 0.5) is 0 Å². The third-order valence-electron chi connectivity index (χ3n) is 4.93. The van der Waals surface area contributed by atoms with E-state index in [9.17, 15) is 8.42 Å². The average molecular weight is 555 g/mol. The summed E-state index contributed by atoms with van der Waals surface area (Å²) in [5, 5.41) is 7.63. The lowest BCUT2D eigenvalue weighted by Crippen LogP contribution is -2.42. The first-order chi connectivity index (χ1) is 14.4. The molecule has 0 fully saturated rings. The second-order valence-corrected chi connectivity index (χ2v) is 8.94. The topological polar surface area (TPSA) is 98.4 Å². The number of hydrogen-bond acceptors (Lipinski definition) is 3. The normalized spacial score (nSPS) is 11.9. The van der Waals surface area contributed by atoms with Crippen molar-refractivity contribution in [3.05, 3.63) is 65.4 Å². The number of H-pyrrole nitrogens is 1. The number of sulfonamides is 1. The molecule has 0 bridgehead atoms. The van der Waals surface area contributed by atoms with Gasteiger partial charge in [-0.3, -0.25) is 4.99 Å². The molecule has 1 heterocycles. The molecule has 0 aliphatic rings. The molecule has 4 N–H and O–H groups in total. The van der Waals surface area contributed by atoms with Gasteiger partial charge in [0.05, 0.1) is 4.90 Å². The van der Waals surface area contributed by atoms with Crippen molar-refractivity contribution in [2.45, 2.75) is 25.2 Å². The first-order valence-corrected chi connectivity index (χ1v) is 11.5. The number of aromatic nitrogens is 1. The summed E-state index contributed by atoms with van der Waals surface area (Å²) in [6.07, 6.45) is 2.88. The Bertz CT molecular complexity index is 1140. The van der Waals surface area contributed by atoms with E-state index >= 15 is 0 Å². The predicted octanol–water partition coefficient (Wildman–Crippen LogP) is 3.09. The van der Waals surface area contributed by atoms with Crippen LogP contribution in [0.5, 0.6) is 0 Å². The first kappa shape index (κ1) is 25.2. The molecule has 9 heteroatoms. The van der Waals surface area contributed by atoms with Crippen molar-refractivity contribution >= 4 is 50.9 Å². The number of nitrogens with one attached hydrogen (secondary N) is 4. The zero-order valence-electron chi connectivity index (χ0n) is 18.0. The number of hydrogen-bond donors (Lipinski definition) is 4.